The van der Waals surface area contributed by atoms with Crippen molar-refractivity contribution in [3.8, 4) is 11.1 Å². The Kier molecular flexibility index (Phi) is 2.67. The van der Waals surface area contributed by atoms with Crippen LogP contribution in [0.5, 0.6) is 0 Å². The van der Waals surface area contributed by atoms with Gasteiger partial charge >= 0.3 is 5.97 Å². The quantitative estimate of drug-likeness (QED) is 0.671. The molecule has 0 aliphatic heterocycles. The second-order valence-corrected chi connectivity index (χ2v) is 4.56. The van der Waals surface area contributed by atoms with Crippen molar-refractivity contribution in [3.05, 3.63) is 30.7 Å². The van der Waals surface area contributed by atoms with Gasteiger partial charge in [-0.15, -0.1) is 0 Å². The van der Waals surface area contributed by atoms with Crippen molar-refractivity contribution >= 4 is 22.8 Å². The van der Waals surface area contributed by atoms with Gasteiger partial charge in [0.25, 0.3) is 0 Å². The molecule has 3 aromatic heterocycles. The minimum atomic E-state index is -0.930. The molecule has 7 heteroatoms. The van der Waals surface area contributed by atoms with Gasteiger partial charge < -0.3 is 15.8 Å². The fraction of sp³-hybridized carbons (Fsp3) is 0.154. The number of carbonyl (C=O) groups is 1. The summed E-state index contributed by atoms with van der Waals surface area (Å²) in [4.78, 5) is 18.2. The smallest absolute Gasteiger partial charge is 0.328 e. The van der Waals surface area contributed by atoms with Crippen LogP contribution in [0.15, 0.2) is 30.7 Å². The molecule has 20 heavy (non-hydrogen) atoms. The molecule has 1 unspecified atom stereocenters. The fourth-order valence-electron chi connectivity index (χ4n) is 2.10. The number of nitrogens with zero attached hydrogens (tertiary/aromatic N) is 3. The Morgan fingerprint density at radius 1 is 1.55 bits per heavy atom. The maximum atomic E-state index is 11.0. The lowest BCUT2D eigenvalue weighted by molar-refractivity contribution is -0.140. The van der Waals surface area contributed by atoms with Gasteiger partial charge in [-0.25, -0.2) is 9.78 Å². The van der Waals surface area contributed by atoms with Gasteiger partial charge in [0.1, 0.15) is 17.5 Å². The minimum Gasteiger partial charge on any atom is -0.480 e. The highest BCUT2D eigenvalue weighted by atomic mass is 16.4. The van der Waals surface area contributed by atoms with Crippen LogP contribution in [-0.2, 0) is 4.79 Å². The number of anilines is 1. The molecule has 0 saturated heterocycles. The van der Waals surface area contributed by atoms with Crippen LogP contribution in [-0.4, -0.2) is 30.8 Å². The first-order chi connectivity index (χ1) is 9.56. The van der Waals surface area contributed by atoms with Crippen LogP contribution in [0.2, 0.25) is 0 Å². The zero-order chi connectivity index (χ0) is 14.3. The number of aliphatic carboxylic acids is 1. The van der Waals surface area contributed by atoms with Crippen LogP contribution >= 0.6 is 0 Å². The average molecular weight is 271 g/mol. The van der Waals surface area contributed by atoms with Gasteiger partial charge in [-0.3, -0.25) is 4.68 Å². The van der Waals surface area contributed by atoms with Crippen LogP contribution in [0.3, 0.4) is 0 Å². The molecule has 0 fully saturated rings. The van der Waals surface area contributed by atoms with Crippen LogP contribution in [0.1, 0.15) is 13.0 Å². The second-order valence-electron chi connectivity index (χ2n) is 4.56. The number of nitrogen functional groups attached to an aromatic ring is 1. The molecule has 0 radical (unpaired) electrons. The molecule has 0 bridgehead atoms. The Balaban J connectivity index is 2.12. The van der Waals surface area contributed by atoms with Gasteiger partial charge in [0.15, 0.2) is 0 Å². The van der Waals surface area contributed by atoms with Gasteiger partial charge in [-0.1, -0.05) is 0 Å². The zero-order valence-corrected chi connectivity index (χ0v) is 10.7. The lowest BCUT2D eigenvalue weighted by atomic mass is 10.1. The average Bonchev–Trinajstić information content (AvgIpc) is 3.05. The summed E-state index contributed by atoms with van der Waals surface area (Å²) in [5, 5.41) is 14.0. The van der Waals surface area contributed by atoms with E-state index in [1.165, 1.54) is 4.68 Å². The molecule has 0 aliphatic carbocycles. The van der Waals surface area contributed by atoms with Gasteiger partial charge in [0.2, 0.25) is 0 Å². The van der Waals surface area contributed by atoms with E-state index < -0.39 is 12.0 Å². The molecule has 3 heterocycles. The standard InChI is InChI=1S/C13H13N5O2/c1-7(13(19)20)18-6-8(5-16-18)10-4-11(14)17-12-9(10)2-3-15-12/h2-7H,1H3,(H,19,20)(H3,14,15,17). The van der Waals surface area contributed by atoms with Crippen LogP contribution in [0.25, 0.3) is 22.2 Å². The number of nitrogens with two attached hydrogens (primary N) is 1. The van der Waals surface area contributed by atoms with Gasteiger partial charge in [0, 0.05) is 23.3 Å². The molecule has 3 aromatic rings. The summed E-state index contributed by atoms with van der Waals surface area (Å²) in [5.41, 5.74) is 8.15. The Hall–Kier alpha value is -2.83. The van der Waals surface area contributed by atoms with Crippen molar-refractivity contribution in [2.45, 2.75) is 13.0 Å². The number of aromatic nitrogens is 4. The number of aromatic amines is 1. The highest BCUT2D eigenvalue weighted by Crippen LogP contribution is 2.29. The number of fused-ring (bicyclic) bond motifs is 1. The first-order valence-electron chi connectivity index (χ1n) is 6.07. The van der Waals surface area contributed by atoms with Crippen LogP contribution < -0.4 is 5.73 Å². The first-order valence-corrected chi connectivity index (χ1v) is 6.07. The molecule has 0 saturated carbocycles. The molecule has 102 valence electrons. The summed E-state index contributed by atoms with van der Waals surface area (Å²) in [5.74, 6) is -0.533. The number of pyridine rings is 1. The maximum Gasteiger partial charge on any atom is 0.328 e. The number of carboxylic acids is 1. The lowest BCUT2D eigenvalue weighted by Crippen LogP contribution is -2.15. The van der Waals surface area contributed by atoms with Gasteiger partial charge in [-0.05, 0) is 24.6 Å². The van der Waals surface area contributed by atoms with E-state index in [9.17, 15) is 4.79 Å². The van der Waals surface area contributed by atoms with Gasteiger partial charge in [0.05, 0.1) is 6.20 Å². The van der Waals surface area contributed by atoms with E-state index in [1.54, 1.807) is 31.6 Å². The summed E-state index contributed by atoms with van der Waals surface area (Å²) in [6, 6.07) is 2.93. The molecular formula is C13H13N5O2. The number of H-pyrrole nitrogens is 1. The lowest BCUT2D eigenvalue weighted by Gasteiger charge is -2.05. The molecule has 7 nitrogen and oxygen atoms in total. The van der Waals surface area contributed by atoms with Crippen LogP contribution in [0.4, 0.5) is 5.82 Å². The predicted octanol–water partition coefficient (Wildman–Crippen LogP) is 1.65. The first kappa shape index (κ1) is 12.2. The molecular weight excluding hydrogens is 258 g/mol. The number of carboxylic acid groups (broad SMARTS) is 1. The Bertz CT molecular complexity index is 789. The summed E-state index contributed by atoms with van der Waals surface area (Å²) in [6.07, 6.45) is 5.10. The third kappa shape index (κ3) is 1.89. The predicted molar refractivity (Wildman–Crippen MR) is 74.1 cm³/mol. The minimum absolute atomic E-state index is 0.397. The molecule has 0 aromatic carbocycles. The topological polar surface area (TPSA) is 110 Å². The second kappa shape index (κ2) is 4.37. The normalized spacial score (nSPS) is 12.7. The van der Waals surface area contributed by atoms with E-state index in [0.29, 0.717) is 11.5 Å². The third-order valence-electron chi connectivity index (χ3n) is 3.22. The summed E-state index contributed by atoms with van der Waals surface area (Å²) in [7, 11) is 0. The molecule has 0 spiro atoms. The number of rotatable bonds is 3. The molecule has 0 amide bonds. The van der Waals surface area contributed by atoms with E-state index >= 15 is 0 Å². The number of nitrogens with one attached hydrogen (secondary N) is 1. The largest absolute Gasteiger partial charge is 0.480 e. The number of hydrogen-bond acceptors (Lipinski definition) is 4. The van der Waals surface area contributed by atoms with E-state index in [0.717, 1.165) is 16.5 Å². The Morgan fingerprint density at radius 3 is 3.10 bits per heavy atom. The van der Waals surface area contributed by atoms with Crippen LogP contribution in [0, 0.1) is 0 Å². The van der Waals surface area contributed by atoms with Crippen molar-refractivity contribution in [2.75, 3.05) is 5.73 Å². The molecule has 1 atom stereocenters. The zero-order valence-electron chi connectivity index (χ0n) is 10.7. The summed E-state index contributed by atoms with van der Waals surface area (Å²) >= 11 is 0. The maximum absolute atomic E-state index is 11.0. The van der Waals surface area contributed by atoms with Crippen molar-refractivity contribution in [3.63, 3.8) is 0 Å². The summed E-state index contributed by atoms with van der Waals surface area (Å²) < 4.78 is 1.41. The monoisotopic (exact) mass is 271 g/mol. The molecule has 4 N–H and O–H groups in total. The third-order valence-corrected chi connectivity index (χ3v) is 3.22. The Morgan fingerprint density at radius 2 is 2.35 bits per heavy atom. The van der Waals surface area contributed by atoms with Crippen molar-refractivity contribution in [1.29, 1.82) is 0 Å². The molecule has 3 rings (SSSR count). The van der Waals surface area contributed by atoms with Gasteiger partial charge in [-0.2, -0.15) is 5.10 Å². The van der Waals surface area contributed by atoms with Crippen molar-refractivity contribution < 1.29 is 9.90 Å². The Labute approximate surface area is 114 Å². The fourth-order valence-corrected chi connectivity index (χ4v) is 2.10. The van der Waals surface area contributed by atoms with E-state index in [4.69, 9.17) is 10.8 Å². The highest BCUT2D eigenvalue weighted by molar-refractivity contribution is 5.94. The van der Waals surface area contributed by atoms with E-state index in [1.807, 2.05) is 6.07 Å². The van der Waals surface area contributed by atoms with E-state index in [-0.39, 0.29) is 0 Å². The summed E-state index contributed by atoms with van der Waals surface area (Å²) in [6.45, 7) is 1.58. The van der Waals surface area contributed by atoms with E-state index in [2.05, 4.69) is 15.1 Å². The molecule has 0 aliphatic rings. The SMILES string of the molecule is CC(C(=O)O)n1cc(-c2cc(N)nc3[nH]ccc23)cn1. The number of hydrogen-bond donors (Lipinski definition) is 3. The highest BCUT2D eigenvalue weighted by Gasteiger charge is 2.16. The van der Waals surface area contributed by atoms with Crippen molar-refractivity contribution in [2.24, 2.45) is 0 Å². The van der Waals surface area contributed by atoms with Crippen molar-refractivity contribution in [1.82, 2.24) is 19.7 Å².